The van der Waals surface area contributed by atoms with Crippen LogP contribution in [-0.2, 0) is 17.9 Å². The van der Waals surface area contributed by atoms with Crippen molar-refractivity contribution in [1.82, 2.24) is 20.3 Å². The van der Waals surface area contributed by atoms with Crippen LogP contribution in [0.25, 0.3) is 11.3 Å². The zero-order chi connectivity index (χ0) is 19.9. The van der Waals surface area contributed by atoms with Gasteiger partial charge in [0, 0.05) is 12.1 Å². The molecule has 2 aromatic carbocycles. The highest BCUT2D eigenvalue weighted by molar-refractivity contribution is 5.75. The van der Waals surface area contributed by atoms with E-state index in [2.05, 4.69) is 21.7 Å². The van der Waals surface area contributed by atoms with Crippen molar-refractivity contribution in [3.63, 3.8) is 0 Å². The summed E-state index contributed by atoms with van der Waals surface area (Å²) >= 11 is 0. The van der Waals surface area contributed by atoms with Gasteiger partial charge in [0.15, 0.2) is 11.5 Å². The first kappa shape index (κ1) is 18.9. The highest BCUT2D eigenvalue weighted by Crippen LogP contribution is 2.27. The first-order chi connectivity index (χ1) is 13.6. The minimum Gasteiger partial charge on any atom is -0.493 e. The molecule has 0 aliphatic rings. The van der Waals surface area contributed by atoms with Crippen molar-refractivity contribution in [3.8, 4) is 28.8 Å². The number of aromatic nitrogens is 3. The third-order valence-electron chi connectivity index (χ3n) is 4.09. The molecule has 0 radical (unpaired) electrons. The summed E-state index contributed by atoms with van der Waals surface area (Å²) in [7, 11) is 3.14. The molecular formula is C20H19N5O3. The van der Waals surface area contributed by atoms with Crippen molar-refractivity contribution in [1.29, 1.82) is 5.26 Å². The fourth-order valence-electron chi connectivity index (χ4n) is 2.62. The normalized spacial score (nSPS) is 10.2. The molecule has 1 aromatic heterocycles. The number of amides is 1. The summed E-state index contributed by atoms with van der Waals surface area (Å²) in [5.74, 6) is 1.05. The fraction of sp³-hybridized carbons (Fsp3) is 0.200. The van der Waals surface area contributed by atoms with Gasteiger partial charge in [-0.1, -0.05) is 23.4 Å². The van der Waals surface area contributed by atoms with Crippen molar-refractivity contribution < 1.29 is 14.3 Å². The standard InChI is InChI=1S/C20H19N5O3/c1-27-18-8-5-15(9-19(18)28-2)11-22-20(26)13-25-12-17(23-24-25)16-6-3-14(10-21)4-7-16/h3-9,12H,11,13H2,1-2H3,(H,22,26). The van der Waals surface area contributed by atoms with Crippen molar-refractivity contribution in [2.75, 3.05) is 14.2 Å². The Labute approximate surface area is 162 Å². The number of methoxy groups -OCH3 is 2. The molecule has 0 bridgehead atoms. The van der Waals surface area contributed by atoms with Gasteiger partial charge in [0.1, 0.15) is 12.2 Å². The average Bonchev–Trinajstić information content (AvgIpc) is 3.20. The zero-order valence-corrected chi connectivity index (χ0v) is 15.5. The maximum absolute atomic E-state index is 12.2. The predicted molar refractivity (Wildman–Crippen MR) is 102 cm³/mol. The summed E-state index contributed by atoms with van der Waals surface area (Å²) in [5, 5.41) is 19.8. The predicted octanol–water partition coefficient (Wildman–Crippen LogP) is 2.15. The Morgan fingerprint density at radius 1 is 1.14 bits per heavy atom. The van der Waals surface area contributed by atoms with Crippen LogP contribution in [0, 0.1) is 11.3 Å². The van der Waals surface area contributed by atoms with Crippen molar-refractivity contribution >= 4 is 5.91 Å². The van der Waals surface area contributed by atoms with Crippen LogP contribution in [0.2, 0.25) is 0 Å². The molecule has 3 rings (SSSR count). The molecule has 0 saturated heterocycles. The number of hydrogen-bond acceptors (Lipinski definition) is 6. The Bertz CT molecular complexity index is 1010. The molecule has 28 heavy (non-hydrogen) atoms. The van der Waals surface area contributed by atoms with E-state index in [1.165, 1.54) is 4.68 Å². The molecule has 1 amide bonds. The number of nitrogens with one attached hydrogen (secondary N) is 1. The lowest BCUT2D eigenvalue weighted by atomic mass is 10.1. The SMILES string of the molecule is COc1ccc(CNC(=O)Cn2cc(-c3ccc(C#N)cc3)nn2)cc1OC. The van der Waals surface area contributed by atoms with Crippen LogP contribution >= 0.6 is 0 Å². The summed E-state index contributed by atoms with van der Waals surface area (Å²) in [6, 6.07) is 14.6. The first-order valence-corrected chi connectivity index (χ1v) is 8.51. The lowest BCUT2D eigenvalue weighted by Crippen LogP contribution is -2.27. The molecule has 8 nitrogen and oxygen atoms in total. The second-order valence-electron chi connectivity index (χ2n) is 5.96. The molecule has 142 valence electrons. The second-order valence-corrected chi connectivity index (χ2v) is 5.96. The minimum atomic E-state index is -0.189. The Hall–Kier alpha value is -3.86. The minimum absolute atomic E-state index is 0.0522. The van der Waals surface area contributed by atoms with Gasteiger partial charge < -0.3 is 14.8 Å². The Balaban J connectivity index is 1.58. The van der Waals surface area contributed by atoms with Gasteiger partial charge in [-0.25, -0.2) is 4.68 Å². The van der Waals surface area contributed by atoms with E-state index in [4.69, 9.17) is 14.7 Å². The Morgan fingerprint density at radius 2 is 1.89 bits per heavy atom. The molecule has 0 unspecified atom stereocenters. The van der Waals surface area contributed by atoms with Gasteiger partial charge in [0.25, 0.3) is 0 Å². The molecule has 0 aliphatic carbocycles. The van der Waals surface area contributed by atoms with E-state index in [1.54, 1.807) is 50.7 Å². The van der Waals surface area contributed by atoms with Gasteiger partial charge in [-0.05, 0) is 29.8 Å². The molecule has 0 aliphatic heterocycles. The highest BCUT2D eigenvalue weighted by atomic mass is 16.5. The van der Waals surface area contributed by atoms with E-state index in [-0.39, 0.29) is 12.5 Å². The molecule has 0 saturated carbocycles. The molecule has 0 fully saturated rings. The smallest absolute Gasteiger partial charge is 0.242 e. The molecule has 0 atom stereocenters. The first-order valence-electron chi connectivity index (χ1n) is 8.51. The van der Waals surface area contributed by atoms with Gasteiger partial charge in [0.2, 0.25) is 5.91 Å². The molecule has 1 N–H and O–H groups in total. The number of carbonyl (C=O) groups excluding carboxylic acids is 1. The van der Waals surface area contributed by atoms with Crippen LogP contribution < -0.4 is 14.8 Å². The number of hydrogen-bond donors (Lipinski definition) is 1. The van der Waals surface area contributed by atoms with Crippen molar-refractivity contribution in [3.05, 3.63) is 59.8 Å². The van der Waals surface area contributed by atoms with E-state index in [1.807, 2.05) is 12.1 Å². The fourth-order valence-corrected chi connectivity index (χ4v) is 2.62. The highest BCUT2D eigenvalue weighted by Gasteiger charge is 2.09. The molecule has 0 spiro atoms. The van der Waals surface area contributed by atoms with E-state index >= 15 is 0 Å². The summed E-state index contributed by atoms with van der Waals surface area (Å²) in [6.45, 7) is 0.410. The third-order valence-corrected chi connectivity index (χ3v) is 4.09. The van der Waals surface area contributed by atoms with Crippen LogP contribution in [0.5, 0.6) is 11.5 Å². The molecular weight excluding hydrogens is 358 g/mol. The second kappa shape index (κ2) is 8.68. The van der Waals surface area contributed by atoms with Crippen LogP contribution in [0.4, 0.5) is 0 Å². The zero-order valence-electron chi connectivity index (χ0n) is 15.5. The number of ether oxygens (including phenoxy) is 2. The van der Waals surface area contributed by atoms with Gasteiger partial charge in [-0.3, -0.25) is 4.79 Å². The lowest BCUT2D eigenvalue weighted by molar-refractivity contribution is -0.122. The summed E-state index contributed by atoms with van der Waals surface area (Å²) in [6.07, 6.45) is 1.69. The third kappa shape index (κ3) is 4.45. The number of rotatable bonds is 7. The van der Waals surface area contributed by atoms with Crippen LogP contribution in [0.15, 0.2) is 48.7 Å². The van der Waals surface area contributed by atoms with Gasteiger partial charge in [-0.15, -0.1) is 5.10 Å². The quantitative estimate of drug-likeness (QED) is 0.677. The van der Waals surface area contributed by atoms with E-state index in [0.29, 0.717) is 29.3 Å². The number of nitrogens with zero attached hydrogens (tertiary/aromatic N) is 4. The van der Waals surface area contributed by atoms with Crippen LogP contribution in [0.3, 0.4) is 0 Å². The van der Waals surface area contributed by atoms with Gasteiger partial charge >= 0.3 is 0 Å². The number of benzene rings is 2. The molecule has 1 heterocycles. The lowest BCUT2D eigenvalue weighted by Gasteiger charge is -2.10. The monoisotopic (exact) mass is 377 g/mol. The molecule has 3 aromatic rings. The maximum Gasteiger partial charge on any atom is 0.242 e. The topological polar surface area (TPSA) is 102 Å². The average molecular weight is 377 g/mol. The maximum atomic E-state index is 12.2. The van der Waals surface area contributed by atoms with E-state index in [0.717, 1.165) is 11.1 Å². The van der Waals surface area contributed by atoms with Crippen molar-refractivity contribution in [2.24, 2.45) is 0 Å². The van der Waals surface area contributed by atoms with E-state index in [9.17, 15) is 4.79 Å². The van der Waals surface area contributed by atoms with E-state index < -0.39 is 0 Å². The van der Waals surface area contributed by atoms with Gasteiger partial charge in [0.05, 0.1) is 32.0 Å². The summed E-state index contributed by atoms with van der Waals surface area (Å²) in [4.78, 5) is 12.2. The van der Waals surface area contributed by atoms with Crippen LogP contribution in [0.1, 0.15) is 11.1 Å². The largest absolute Gasteiger partial charge is 0.493 e. The molecule has 8 heteroatoms. The number of nitriles is 1. The van der Waals surface area contributed by atoms with Gasteiger partial charge in [-0.2, -0.15) is 5.26 Å². The summed E-state index contributed by atoms with van der Waals surface area (Å²) < 4.78 is 11.9. The Morgan fingerprint density at radius 3 is 2.57 bits per heavy atom. The Kier molecular flexibility index (Phi) is 5.87. The van der Waals surface area contributed by atoms with Crippen LogP contribution in [-0.4, -0.2) is 35.1 Å². The van der Waals surface area contributed by atoms with Crippen molar-refractivity contribution in [2.45, 2.75) is 13.1 Å². The number of carbonyl (C=O) groups is 1. The summed E-state index contributed by atoms with van der Waals surface area (Å²) in [5.41, 5.74) is 2.93.